The van der Waals surface area contributed by atoms with Gasteiger partial charge >= 0.3 is 0 Å². The van der Waals surface area contributed by atoms with Gasteiger partial charge in [0.05, 0.1) is 15.6 Å². The maximum Gasteiger partial charge on any atom is 0.192 e. The topological polar surface area (TPSA) is 38.8 Å². The average Bonchev–Trinajstić information content (AvgIpc) is 2.37. The Bertz CT molecular complexity index is 541. The van der Waals surface area contributed by atoms with E-state index in [0.29, 0.717) is 24.7 Å². The van der Waals surface area contributed by atoms with Crippen molar-refractivity contribution in [3.05, 3.63) is 34.0 Å². The van der Waals surface area contributed by atoms with E-state index in [2.05, 4.69) is 0 Å². The first kappa shape index (κ1) is 14.0. The van der Waals surface area contributed by atoms with E-state index in [1.165, 1.54) is 6.08 Å². The number of fused-ring (bicyclic) bond motifs is 1. The fourth-order valence-electron chi connectivity index (χ4n) is 1.65. The maximum atomic E-state index is 12.2. The molecule has 4 nitrogen and oxygen atoms in total. The predicted octanol–water partition coefficient (Wildman–Crippen LogP) is 3.02. The predicted molar refractivity (Wildman–Crippen MR) is 74.6 cm³/mol. The molecule has 0 amide bonds. The van der Waals surface area contributed by atoms with E-state index in [1.807, 2.05) is 14.1 Å². The molecule has 0 radical (unpaired) electrons. The van der Waals surface area contributed by atoms with Crippen LogP contribution in [0.25, 0.3) is 0 Å². The van der Waals surface area contributed by atoms with E-state index in [4.69, 9.17) is 32.7 Å². The highest BCUT2D eigenvalue weighted by atomic mass is 35.5. The lowest BCUT2D eigenvalue weighted by Gasteiger charge is -2.21. The zero-order valence-corrected chi connectivity index (χ0v) is 12.1. The van der Waals surface area contributed by atoms with Crippen molar-refractivity contribution in [2.24, 2.45) is 0 Å². The monoisotopic (exact) mass is 301 g/mol. The summed E-state index contributed by atoms with van der Waals surface area (Å²) >= 11 is 12.1. The normalized spacial score (nSPS) is 13.7. The number of ether oxygens (including phenoxy) is 2. The van der Waals surface area contributed by atoms with Crippen LogP contribution in [0.1, 0.15) is 10.4 Å². The van der Waals surface area contributed by atoms with Gasteiger partial charge in [0.15, 0.2) is 17.3 Å². The second-order valence-corrected chi connectivity index (χ2v) is 5.00. The molecule has 0 N–H and O–H groups in total. The lowest BCUT2D eigenvalue weighted by molar-refractivity contribution is 0.103. The molecule has 0 aliphatic carbocycles. The summed E-state index contributed by atoms with van der Waals surface area (Å²) in [6, 6.07) is 1.56. The van der Waals surface area contributed by atoms with Gasteiger partial charge in [0.2, 0.25) is 0 Å². The van der Waals surface area contributed by atoms with Crippen LogP contribution >= 0.6 is 23.2 Å². The molecular formula is C13H13Cl2NO3. The molecule has 2 rings (SSSR count). The molecule has 0 fully saturated rings. The lowest BCUT2D eigenvalue weighted by Crippen LogP contribution is -2.18. The van der Waals surface area contributed by atoms with E-state index < -0.39 is 0 Å². The number of nitrogens with zero attached hydrogens (tertiary/aromatic N) is 1. The number of halogens is 2. The number of benzene rings is 1. The molecule has 1 aromatic rings. The molecule has 0 unspecified atom stereocenters. The zero-order valence-electron chi connectivity index (χ0n) is 10.6. The number of allylic oxidation sites excluding steroid dienone is 1. The number of carbonyl (C=O) groups is 1. The van der Waals surface area contributed by atoms with Crippen molar-refractivity contribution in [2.45, 2.75) is 0 Å². The minimum Gasteiger partial charge on any atom is -0.486 e. The highest BCUT2D eigenvalue weighted by Crippen LogP contribution is 2.42. The third kappa shape index (κ3) is 2.96. The summed E-state index contributed by atoms with van der Waals surface area (Å²) in [4.78, 5) is 14.0. The van der Waals surface area contributed by atoms with E-state index in [9.17, 15) is 4.79 Å². The molecule has 6 heteroatoms. The minimum atomic E-state index is -0.275. The van der Waals surface area contributed by atoms with Crippen molar-refractivity contribution in [1.29, 1.82) is 0 Å². The number of ketones is 1. The van der Waals surface area contributed by atoms with Crippen LogP contribution in [0.2, 0.25) is 10.0 Å². The van der Waals surface area contributed by atoms with Gasteiger partial charge < -0.3 is 14.4 Å². The number of rotatable bonds is 3. The molecule has 0 atom stereocenters. The maximum absolute atomic E-state index is 12.2. The molecule has 0 spiro atoms. The zero-order chi connectivity index (χ0) is 14.0. The molecule has 0 saturated heterocycles. The molecule has 1 aliphatic heterocycles. The fourth-order valence-corrected chi connectivity index (χ4v) is 2.08. The Morgan fingerprint density at radius 1 is 1.32 bits per heavy atom. The van der Waals surface area contributed by atoms with Crippen LogP contribution in [0.4, 0.5) is 0 Å². The summed E-state index contributed by atoms with van der Waals surface area (Å²) in [6.07, 6.45) is 3.05. The first-order valence-corrected chi connectivity index (χ1v) is 6.43. The standard InChI is InChI=1S/C13H13Cl2NO3/c1-16(2)4-3-9(17)11-12(15)8(14)7-10-13(11)19-6-5-18-10/h3-4,7H,5-6H2,1-2H3. The average molecular weight is 302 g/mol. The Labute approximate surface area is 121 Å². The van der Waals surface area contributed by atoms with Crippen molar-refractivity contribution in [3.8, 4) is 11.5 Å². The molecule has 0 bridgehead atoms. The van der Waals surface area contributed by atoms with Crippen molar-refractivity contribution >= 4 is 29.0 Å². The van der Waals surface area contributed by atoms with Gasteiger partial charge in [-0.25, -0.2) is 0 Å². The van der Waals surface area contributed by atoms with Crippen LogP contribution in [0.15, 0.2) is 18.3 Å². The van der Waals surface area contributed by atoms with Crippen LogP contribution in [0.5, 0.6) is 11.5 Å². The van der Waals surface area contributed by atoms with Crippen LogP contribution in [0, 0.1) is 0 Å². The quantitative estimate of drug-likeness (QED) is 0.635. The Morgan fingerprint density at radius 2 is 2.00 bits per heavy atom. The van der Waals surface area contributed by atoms with Crippen LogP contribution in [-0.2, 0) is 0 Å². The largest absolute Gasteiger partial charge is 0.486 e. The summed E-state index contributed by atoms with van der Waals surface area (Å²) in [5.74, 6) is 0.527. The Balaban J connectivity index is 2.49. The summed E-state index contributed by atoms with van der Waals surface area (Å²) in [6.45, 7) is 0.800. The highest BCUT2D eigenvalue weighted by Gasteiger charge is 2.25. The molecular weight excluding hydrogens is 289 g/mol. The molecule has 19 heavy (non-hydrogen) atoms. The van der Waals surface area contributed by atoms with E-state index >= 15 is 0 Å². The number of hydrogen-bond acceptors (Lipinski definition) is 4. The third-order valence-corrected chi connectivity index (χ3v) is 3.28. The van der Waals surface area contributed by atoms with Crippen LogP contribution in [0.3, 0.4) is 0 Å². The van der Waals surface area contributed by atoms with Gasteiger partial charge in [-0.3, -0.25) is 4.79 Å². The number of carbonyl (C=O) groups excluding carboxylic acids is 1. The van der Waals surface area contributed by atoms with Crippen LogP contribution < -0.4 is 9.47 Å². The fraction of sp³-hybridized carbons (Fsp3) is 0.308. The van der Waals surface area contributed by atoms with Crippen molar-refractivity contribution in [1.82, 2.24) is 4.90 Å². The van der Waals surface area contributed by atoms with Crippen molar-refractivity contribution < 1.29 is 14.3 Å². The molecule has 102 valence electrons. The highest BCUT2D eigenvalue weighted by molar-refractivity contribution is 6.44. The van der Waals surface area contributed by atoms with E-state index in [-0.39, 0.29) is 21.4 Å². The molecule has 0 saturated carbocycles. The summed E-state index contributed by atoms with van der Waals surface area (Å²) in [5, 5.41) is 0.451. The third-order valence-electron chi connectivity index (χ3n) is 2.50. The molecule has 1 heterocycles. The smallest absolute Gasteiger partial charge is 0.192 e. The van der Waals surface area contributed by atoms with Gasteiger partial charge in [0.1, 0.15) is 13.2 Å². The summed E-state index contributed by atoms with van der Waals surface area (Å²) < 4.78 is 10.9. The van der Waals surface area contributed by atoms with Crippen LogP contribution in [-0.4, -0.2) is 38.0 Å². The van der Waals surface area contributed by atoms with Gasteiger partial charge in [-0.1, -0.05) is 23.2 Å². The summed E-state index contributed by atoms with van der Waals surface area (Å²) in [7, 11) is 3.64. The van der Waals surface area contributed by atoms with E-state index in [0.717, 1.165) is 0 Å². The lowest BCUT2D eigenvalue weighted by atomic mass is 10.1. The van der Waals surface area contributed by atoms with Gasteiger partial charge in [0.25, 0.3) is 0 Å². The Hall–Kier alpha value is -1.39. The molecule has 1 aliphatic rings. The summed E-state index contributed by atoms with van der Waals surface area (Å²) in [5.41, 5.74) is 0.238. The van der Waals surface area contributed by atoms with Crippen molar-refractivity contribution in [3.63, 3.8) is 0 Å². The SMILES string of the molecule is CN(C)C=CC(=O)c1c(Cl)c(Cl)cc2c1OCCO2. The van der Waals surface area contributed by atoms with Crippen molar-refractivity contribution in [2.75, 3.05) is 27.3 Å². The van der Waals surface area contributed by atoms with Gasteiger partial charge in [0, 0.05) is 32.4 Å². The minimum absolute atomic E-state index is 0.180. The molecule has 0 aromatic heterocycles. The van der Waals surface area contributed by atoms with E-state index in [1.54, 1.807) is 17.2 Å². The Morgan fingerprint density at radius 3 is 2.68 bits per heavy atom. The van der Waals surface area contributed by atoms with Gasteiger partial charge in [-0.15, -0.1) is 0 Å². The first-order chi connectivity index (χ1) is 9.00. The second-order valence-electron chi connectivity index (χ2n) is 4.22. The first-order valence-electron chi connectivity index (χ1n) is 5.67. The second kappa shape index (κ2) is 5.72. The number of hydrogen-bond donors (Lipinski definition) is 0. The Kier molecular flexibility index (Phi) is 4.22. The molecule has 1 aromatic carbocycles. The van der Waals surface area contributed by atoms with Gasteiger partial charge in [-0.2, -0.15) is 0 Å². The van der Waals surface area contributed by atoms with Gasteiger partial charge in [-0.05, 0) is 0 Å².